The fourth-order valence-corrected chi connectivity index (χ4v) is 2.22. The van der Waals surface area contributed by atoms with Crippen LogP contribution in [0.4, 0.5) is 0 Å². The van der Waals surface area contributed by atoms with Crippen molar-refractivity contribution in [1.82, 2.24) is 0 Å². The Morgan fingerprint density at radius 2 is 1.72 bits per heavy atom. The van der Waals surface area contributed by atoms with Gasteiger partial charge in [0.15, 0.2) is 0 Å². The summed E-state index contributed by atoms with van der Waals surface area (Å²) in [5, 5.41) is 0. The first-order valence-corrected chi connectivity index (χ1v) is 6.00. The van der Waals surface area contributed by atoms with Crippen molar-refractivity contribution in [2.45, 2.75) is 32.1 Å². The molecule has 0 unspecified atom stereocenters. The highest BCUT2D eigenvalue weighted by atomic mass is 16.6. The predicted octanol–water partition coefficient (Wildman–Crippen LogP) is 2.21. The summed E-state index contributed by atoms with van der Waals surface area (Å²) in [6.07, 6.45) is 0.458. The number of carbonyl (C=O) groups is 2. The lowest BCUT2D eigenvalue weighted by Gasteiger charge is -2.31. The van der Waals surface area contributed by atoms with Crippen molar-refractivity contribution < 1.29 is 19.1 Å². The molecule has 1 aliphatic rings. The van der Waals surface area contributed by atoms with Gasteiger partial charge in [-0.15, -0.1) is 0 Å². The molecule has 0 atom stereocenters. The van der Waals surface area contributed by atoms with Gasteiger partial charge in [-0.1, -0.05) is 19.1 Å². The van der Waals surface area contributed by atoms with E-state index in [4.69, 9.17) is 4.74 Å². The average molecular weight is 248 g/mol. The molecule has 0 aliphatic carbocycles. The Balaban J connectivity index is 2.23. The lowest BCUT2D eigenvalue weighted by atomic mass is 9.75. The Morgan fingerprint density at radius 3 is 2.22 bits per heavy atom. The third kappa shape index (κ3) is 2.53. The van der Waals surface area contributed by atoms with E-state index in [9.17, 15) is 9.59 Å². The molecule has 1 aliphatic heterocycles. The summed E-state index contributed by atoms with van der Waals surface area (Å²) < 4.78 is 9.93. The summed E-state index contributed by atoms with van der Waals surface area (Å²) in [5.74, 6) is -0.125. The number of esters is 2. The van der Waals surface area contributed by atoms with Crippen LogP contribution in [-0.2, 0) is 19.7 Å². The van der Waals surface area contributed by atoms with Crippen molar-refractivity contribution in [2.75, 3.05) is 6.61 Å². The minimum absolute atomic E-state index is 0.229. The van der Waals surface area contributed by atoms with E-state index in [0.717, 1.165) is 11.3 Å². The first-order valence-electron chi connectivity index (χ1n) is 6.00. The lowest BCUT2D eigenvalue weighted by molar-refractivity contribution is -0.166. The summed E-state index contributed by atoms with van der Waals surface area (Å²) >= 11 is 0. The SMILES string of the molecule is CCOc1ccc(C2(C)CC(=O)OC(=O)C2)cc1. The van der Waals surface area contributed by atoms with Crippen molar-refractivity contribution in [2.24, 2.45) is 0 Å². The van der Waals surface area contributed by atoms with E-state index >= 15 is 0 Å². The average Bonchev–Trinajstić information content (AvgIpc) is 2.28. The van der Waals surface area contributed by atoms with Crippen molar-refractivity contribution in [3.8, 4) is 5.75 Å². The first kappa shape index (κ1) is 12.6. The van der Waals surface area contributed by atoms with Crippen LogP contribution in [0.15, 0.2) is 24.3 Å². The summed E-state index contributed by atoms with van der Waals surface area (Å²) in [6.45, 7) is 4.44. The van der Waals surface area contributed by atoms with E-state index in [0.29, 0.717) is 6.61 Å². The van der Waals surface area contributed by atoms with Gasteiger partial charge in [0.25, 0.3) is 0 Å². The van der Waals surface area contributed by atoms with Gasteiger partial charge in [-0.3, -0.25) is 9.59 Å². The van der Waals surface area contributed by atoms with Gasteiger partial charge in [-0.05, 0) is 24.6 Å². The maximum atomic E-state index is 11.4. The van der Waals surface area contributed by atoms with Gasteiger partial charge in [0, 0.05) is 5.41 Å². The molecule has 1 aromatic carbocycles. The monoisotopic (exact) mass is 248 g/mol. The van der Waals surface area contributed by atoms with Gasteiger partial charge in [-0.25, -0.2) is 0 Å². The van der Waals surface area contributed by atoms with Crippen molar-refractivity contribution in [3.63, 3.8) is 0 Å². The molecule has 18 heavy (non-hydrogen) atoms. The minimum Gasteiger partial charge on any atom is -0.494 e. The number of hydrogen-bond acceptors (Lipinski definition) is 4. The van der Waals surface area contributed by atoms with E-state index in [1.165, 1.54) is 0 Å². The van der Waals surface area contributed by atoms with Gasteiger partial charge < -0.3 is 9.47 Å². The zero-order valence-corrected chi connectivity index (χ0v) is 10.6. The number of rotatable bonds is 3. The van der Waals surface area contributed by atoms with E-state index in [1.807, 2.05) is 38.1 Å². The Bertz CT molecular complexity index is 445. The van der Waals surface area contributed by atoms with Gasteiger partial charge in [-0.2, -0.15) is 0 Å². The minimum atomic E-state index is -0.475. The number of cyclic esters (lactones) is 2. The van der Waals surface area contributed by atoms with Crippen LogP contribution in [0.1, 0.15) is 32.3 Å². The zero-order valence-electron chi connectivity index (χ0n) is 10.6. The zero-order chi connectivity index (χ0) is 13.2. The van der Waals surface area contributed by atoms with Gasteiger partial charge in [0.2, 0.25) is 0 Å². The van der Waals surface area contributed by atoms with Crippen LogP contribution in [0.3, 0.4) is 0 Å². The van der Waals surface area contributed by atoms with Crippen LogP contribution in [0.5, 0.6) is 5.75 Å². The summed E-state index contributed by atoms with van der Waals surface area (Å²) in [5.41, 5.74) is 0.480. The molecule has 0 N–H and O–H groups in total. The van der Waals surface area contributed by atoms with E-state index in [2.05, 4.69) is 4.74 Å². The van der Waals surface area contributed by atoms with Crippen LogP contribution in [-0.4, -0.2) is 18.5 Å². The molecule has 0 amide bonds. The molecule has 1 heterocycles. The maximum Gasteiger partial charge on any atom is 0.314 e. The smallest absolute Gasteiger partial charge is 0.314 e. The molecule has 0 spiro atoms. The third-order valence-electron chi connectivity index (χ3n) is 3.16. The van der Waals surface area contributed by atoms with Gasteiger partial charge >= 0.3 is 11.9 Å². The second-order valence-corrected chi connectivity index (χ2v) is 4.72. The third-order valence-corrected chi connectivity index (χ3v) is 3.16. The molecule has 96 valence electrons. The Morgan fingerprint density at radius 1 is 1.17 bits per heavy atom. The van der Waals surface area contributed by atoms with Gasteiger partial charge in [0.1, 0.15) is 5.75 Å². The Kier molecular flexibility index (Phi) is 3.36. The van der Waals surface area contributed by atoms with Crippen LogP contribution >= 0.6 is 0 Å². The quantitative estimate of drug-likeness (QED) is 0.608. The molecular formula is C14H16O4. The summed E-state index contributed by atoms with van der Waals surface area (Å²) in [6, 6.07) is 7.51. The van der Waals surface area contributed by atoms with Crippen LogP contribution in [0, 0.1) is 0 Å². The highest BCUT2D eigenvalue weighted by molar-refractivity contribution is 5.90. The molecule has 1 fully saturated rings. The van der Waals surface area contributed by atoms with E-state index in [-0.39, 0.29) is 12.8 Å². The van der Waals surface area contributed by atoms with E-state index in [1.54, 1.807) is 0 Å². The topological polar surface area (TPSA) is 52.6 Å². The molecule has 4 heteroatoms. The normalized spacial score (nSPS) is 18.3. The van der Waals surface area contributed by atoms with Crippen LogP contribution in [0.2, 0.25) is 0 Å². The Labute approximate surface area is 106 Å². The molecule has 2 rings (SSSR count). The van der Waals surface area contributed by atoms with Crippen LogP contribution in [0.25, 0.3) is 0 Å². The standard InChI is InChI=1S/C14H16O4/c1-3-17-11-6-4-10(5-7-11)14(2)8-12(15)18-13(16)9-14/h4-7H,3,8-9H2,1-2H3. The second kappa shape index (κ2) is 4.80. The van der Waals surface area contributed by atoms with Crippen molar-refractivity contribution in [1.29, 1.82) is 0 Å². The fourth-order valence-electron chi connectivity index (χ4n) is 2.22. The Hall–Kier alpha value is -1.84. The number of ether oxygens (including phenoxy) is 2. The molecule has 1 saturated heterocycles. The summed E-state index contributed by atoms with van der Waals surface area (Å²) in [7, 11) is 0. The van der Waals surface area contributed by atoms with Crippen LogP contribution < -0.4 is 4.74 Å². The highest BCUT2D eigenvalue weighted by Crippen LogP contribution is 2.35. The maximum absolute atomic E-state index is 11.4. The van der Waals surface area contributed by atoms with Crippen molar-refractivity contribution >= 4 is 11.9 Å². The van der Waals surface area contributed by atoms with Gasteiger partial charge in [0.05, 0.1) is 19.4 Å². The van der Waals surface area contributed by atoms with Crippen molar-refractivity contribution in [3.05, 3.63) is 29.8 Å². The molecule has 0 bridgehead atoms. The predicted molar refractivity (Wildman–Crippen MR) is 65.3 cm³/mol. The van der Waals surface area contributed by atoms with E-state index < -0.39 is 17.4 Å². The first-order chi connectivity index (χ1) is 8.53. The molecule has 0 radical (unpaired) electrons. The highest BCUT2D eigenvalue weighted by Gasteiger charge is 2.38. The lowest BCUT2D eigenvalue weighted by Crippen LogP contribution is -2.36. The molecule has 1 aromatic rings. The number of benzene rings is 1. The second-order valence-electron chi connectivity index (χ2n) is 4.72. The largest absolute Gasteiger partial charge is 0.494 e. The molecule has 0 aromatic heterocycles. The summed E-state index contributed by atoms with van der Waals surface area (Å²) in [4.78, 5) is 22.7. The molecule has 0 saturated carbocycles. The molecular weight excluding hydrogens is 232 g/mol. The number of carbonyl (C=O) groups excluding carboxylic acids is 2. The number of hydrogen-bond donors (Lipinski definition) is 0. The molecule has 4 nitrogen and oxygen atoms in total. The fraction of sp³-hybridized carbons (Fsp3) is 0.429.